The van der Waals surface area contributed by atoms with Crippen molar-refractivity contribution in [1.82, 2.24) is 5.09 Å². The lowest BCUT2D eigenvalue weighted by molar-refractivity contribution is -0.134. The van der Waals surface area contributed by atoms with Crippen molar-refractivity contribution >= 4 is 30.0 Å². The van der Waals surface area contributed by atoms with E-state index in [2.05, 4.69) is 9.61 Å². The third-order valence-electron chi connectivity index (χ3n) is 0.775. The Balaban J connectivity index is 0. The van der Waals surface area contributed by atoms with Crippen molar-refractivity contribution in [3.63, 3.8) is 0 Å². The van der Waals surface area contributed by atoms with Crippen molar-refractivity contribution in [2.24, 2.45) is 0 Å². The van der Waals surface area contributed by atoms with Gasteiger partial charge in [-0.1, -0.05) is 11.4 Å². The van der Waals surface area contributed by atoms with Crippen LogP contribution in [0.15, 0.2) is 0 Å². The first-order valence-electron chi connectivity index (χ1n) is 3.47. The number of carbonyl (C=O) groups excluding carboxylic acids is 1. The van der Waals surface area contributed by atoms with E-state index in [1.807, 2.05) is 0 Å². The molecule has 8 heteroatoms. The number of aliphatic carboxylic acids is 1. The van der Waals surface area contributed by atoms with Crippen LogP contribution in [0.1, 0.15) is 13.8 Å². The number of rotatable bonds is 3. The van der Waals surface area contributed by atoms with Gasteiger partial charge in [0.05, 0.1) is 0 Å². The Kier molecular flexibility index (Phi) is 8.93. The molecule has 1 amide bonds. The molecule has 1 atom stereocenters. The number of carbonyl (C=O) groups is 2. The minimum atomic E-state index is -2.92. The van der Waals surface area contributed by atoms with Crippen molar-refractivity contribution in [2.45, 2.75) is 13.8 Å². The van der Waals surface area contributed by atoms with Gasteiger partial charge >= 0.3 is 6.72 Å². The smallest absolute Gasteiger partial charge is 0.352 e. The molecule has 2 N–H and O–H groups in total. The standard InChI is InChI=1S/C4H10NO3PS.C2H4O2/c1-4(6)5-9(7,8-2)10-3;1-2(3)4/h1-3H3,(H,5,6,7);1H3,(H,3,4). The van der Waals surface area contributed by atoms with E-state index in [0.717, 1.165) is 18.3 Å². The first-order chi connectivity index (χ1) is 6.27. The number of nitrogens with one attached hydrogen (secondary N) is 1. The molecule has 1 unspecified atom stereocenters. The molecule has 84 valence electrons. The summed E-state index contributed by atoms with van der Waals surface area (Å²) in [5.41, 5.74) is 0. The van der Waals surface area contributed by atoms with Gasteiger partial charge in [-0.15, -0.1) is 0 Å². The van der Waals surface area contributed by atoms with Gasteiger partial charge < -0.3 is 9.63 Å². The van der Waals surface area contributed by atoms with Crippen LogP contribution in [-0.4, -0.2) is 30.3 Å². The molecule has 0 spiro atoms. The Morgan fingerprint density at radius 3 is 1.86 bits per heavy atom. The van der Waals surface area contributed by atoms with Gasteiger partial charge in [0.1, 0.15) is 0 Å². The molecular weight excluding hydrogens is 229 g/mol. The van der Waals surface area contributed by atoms with Crippen LogP contribution in [0.5, 0.6) is 0 Å². The molecule has 0 bridgehead atoms. The van der Waals surface area contributed by atoms with Crippen LogP contribution >= 0.6 is 18.1 Å². The lowest BCUT2D eigenvalue weighted by Gasteiger charge is -2.11. The third-order valence-corrected chi connectivity index (χ3v) is 4.49. The molecule has 0 rings (SSSR count). The molecule has 0 aromatic heterocycles. The maximum absolute atomic E-state index is 11.2. The van der Waals surface area contributed by atoms with E-state index in [1.165, 1.54) is 14.0 Å². The zero-order valence-corrected chi connectivity index (χ0v) is 10.1. The number of carboxylic acid groups (broad SMARTS) is 1. The molecule has 0 heterocycles. The summed E-state index contributed by atoms with van der Waals surface area (Å²) in [4.78, 5) is 19.4. The number of hydrogen-bond donors (Lipinski definition) is 2. The number of hydrogen-bond acceptors (Lipinski definition) is 5. The Morgan fingerprint density at radius 1 is 1.43 bits per heavy atom. The Morgan fingerprint density at radius 2 is 1.79 bits per heavy atom. The van der Waals surface area contributed by atoms with E-state index in [-0.39, 0.29) is 5.91 Å². The average molecular weight is 243 g/mol. The summed E-state index contributed by atoms with van der Waals surface area (Å²) in [6.45, 7) is -0.543. The highest BCUT2D eigenvalue weighted by atomic mass is 32.7. The van der Waals surface area contributed by atoms with Gasteiger partial charge in [-0.25, -0.2) is 0 Å². The summed E-state index contributed by atoms with van der Waals surface area (Å²) in [7, 11) is 1.30. The summed E-state index contributed by atoms with van der Waals surface area (Å²) < 4.78 is 15.8. The van der Waals surface area contributed by atoms with Crippen molar-refractivity contribution in [1.29, 1.82) is 0 Å². The van der Waals surface area contributed by atoms with Crippen LogP contribution in [0.4, 0.5) is 0 Å². The Labute approximate surface area is 86.7 Å². The highest BCUT2D eigenvalue weighted by Gasteiger charge is 2.20. The SMILES string of the molecule is CC(=O)O.COP(=O)(NC(C)=O)SC. The van der Waals surface area contributed by atoms with Crippen LogP contribution in [-0.2, 0) is 18.7 Å². The second-order valence-electron chi connectivity index (χ2n) is 2.05. The van der Waals surface area contributed by atoms with Crippen LogP contribution in [0.25, 0.3) is 0 Å². The van der Waals surface area contributed by atoms with Crippen molar-refractivity contribution < 1.29 is 23.8 Å². The molecule has 0 saturated heterocycles. The van der Waals surface area contributed by atoms with Crippen LogP contribution in [0.2, 0.25) is 0 Å². The highest BCUT2D eigenvalue weighted by Crippen LogP contribution is 2.53. The summed E-state index contributed by atoms with van der Waals surface area (Å²) in [5, 5.41) is 9.63. The first kappa shape index (κ1) is 15.9. The third kappa shape index (κ3) is 11.5. The van der Waals surface area contributed by atoms with Gasteiger partial charge in [-0.2, -0.15) is 0 Å². The van der Waals surface area contributed by atoms with E-state index in [0.29, 0.717) is 0 Å². The summed E-state index contributed by atoms with van der Waals surface area (Å²) in [5.74, 6) is -1.18. The molecule has 14 heavy (non-hydrogen) atoms. The fourth-order valence-electron chi connectivity index (χ4n) is 0.359. The van der Waals surface area contributed by atoms with Crippen LogP contribution in [0, 0.1) is 0 Å². The van der Waals surface area contributed by atoms with Gasteiger partial charge in [0.15, 0.2) is 0 Å². The maximum atomic E-state index is 11.2. The minimum Gasteiger partial charge on any atom is -0.481 e. The summed E-state index contributed by atoms with van der Waals surface area (Å²) in [6, 6.07) is 0. The van der Waals surface area contributed by atoms with E-state index < -0.39 is 12.7 Å². The Bertz CT molecular complexity index is 232. The van der Waals surface area contributed by atoms with E-state index in [1.54, 1.807) is 6.26 Å². The largest absolute Gasteiger partial charge is 0.481 e. The van der Waals surface area contributed by atoms with E-state index in [4.69, 9.17) is 9.90 Å². The molecule has 0 radical (unpaired) electrons. The molecule has 0 aromatic carbocycles. The van der Waals surface area contributed by atoms with Crippen molar-refractivity contribution in [2.75, 3.05) is 13.4 Å². The predicted molar refractivity (Wildman–Crippen MR) is 55.3 cm³/mol. The molecule has 0 saturated carbocycles. The fourth-order valence-corrected chi connectivity index (χ4v) is 2.18. The summed E-state index contributed by atoms with van der Waals surface area (Å²) in [6.07, 6.45) is 1.61. The lowest BCUT2D eigenvalue weighted by Crippen LogP contribution is -2.15. The van der Waals surface area contributed by atoms with Gasteiger partial charge in [0.2, 0.25) is 5.91 Å². The van der Waals surface area contributed by atoms with Gasteiger partial charge in [0.25, 0.3) is 5.97 Å². The normalized spacial score (nSPS) is 13.1. The average Bonchev–Trinajstić information content (AvgIpc) is 2.02. The fraction of sp³-hybridized carbons (Fsp3) is 0.667. The monoisotopic (exact) mass is 243 g/mol. The number of amides is 1. The molecule has 0 aliphatic heterocycles. The van der Waals surface area contributed by atoms with Crippen molar-refractivity contribution in [3.8, 4) is 0 Å². The van der Waals surface area contributed by atoms with Crippen LogP contribution < -0.4 is 5.09 Å². The molecule has 0 aliphatic rings. The van der Waals surface area contributed by atoms with E-state index in [9.17, 15) is 9.36 Å². The number of carboxylic acids is 1. The minimum absolute atomic E-state index is 0.348. The zero-order chi connectivity index (χ0) is 11.8. The van der Waals surface area contributed by atoms with Crippen molar-refractivity contribution in [3.05, 3.63) is 0 Å². The maximum Gasteiger partial charge on any atom is 0.352 e. The second kappa shape index (κ2) is 7.84. The molecular formula is C6H14NO5PS. The van der Waals surface area contributed by atoms with Gasteiger partial charge in [0, 0.05) is 21.0 Å². The lowest BCUT2D eigenvalue weighted by atomic mass is 10.8. The van der Waals surface area contributed by atoms with Gasteiger partial charge in [-0.05, 0) is 6.26 Å². The molecule has 0 fully saturated rings. The van der Waals surface area contributed by atoms with Crippen LogP contribution in [0.3, 0.4) is 0 Å². The second-order valence-corrected chi connectivity index (χ2v) is 6.54. The zero-order valence-electron chi connectivity index (χ0n) is 8.44. The topological polar surface area (TPSA) is 92.7 Å². The summed E-state index contributed by atoms with van der Waals surface area (Å²) >= 11 is 1.00. The molecule has 0 aliphatic carbocycles. The molecule has 6 nitrogen and oxygen atoms in total. The van der Waals surface area contributed by atoms with Gasteiger partial charge in [-0.3, -0.25) is 19.2 Å². The Hall–Kier alpha value is -0.520. The quantitative estimate of drug-likeness (QED) is 0.726. The van der Waals surface area contributed by atoms with E-state index >= 15 is 0 Å². The molecule has 0 aromatic rings. The predicted octanol–water partition coefficient (Wildman–Crippen LogP) is 1.33. The first-order valence-corrected chi connectivity index (χ1v) is 6.92. The highest BCUT2D eigenvalue weighted by molar-refractivity contribution is 8.55.